The van der Waals surface area contributed by atoms with Crippen LogP contribution in [0.1, 0.15) is 58.9 Å². The maximum atomic E-state index is 12.2. The summed E-state index contributed by atoms with van der Waals surface area (Å²) in [6, 6.07) is 13.6. The summed E-state index contributed by atoms with van der Waals surface area (Å²) in [5.74, 6) is -3.12. The van der Waals surface area contributed by atoms with E-state index in [-0.39, 0.29) is 16.7 Å². The standard InChI is InChI=1S/C29H19NO6/c31-27(32)18-8-14-3-1-5-19(14)22(11-18)26-13-23-24(29(35)36)10-17(12-25(23)30-26)16-7-15-4-2-6-20(28(33)34)21(15)9-16/h1-4,6,8-13,30H,5,7H2,(H,31,32)(H,33,34)(H,35,36). The zero-order chi connectivity index (χ0) is 25.1. The van der Waals surface area contributed by atoms with E-state index in [0.29, 0.717) is 40.6 Å². The van der Waals surface area contributed by atoms with E-state index in [1.54, 1.807) is 36.4 Å². The molecule has 3 aromatic carbocycles. The van der Waals surface area contributed by atoms with E-state index in [1.165, 1.54) is 0 Å². The highest BCUT2D eigenvalue weighted by Crippen LogP contribution is 2.38. The van der Waals surface area contributed by atoms with Crippen LogP contribution in [-0.2, 0) is 12.8 Å². The summed E-state index contributed by atoms with van der Waals surface area (Å²) < 4.78 is 0. The van der Waals surface area contributed by atoms with Crippen molar-refractivity contribution < 1.29 is 29.7 Å². The molecule has 0 amide bonds. The van der Waals surface area contributed by atoms with Gasteiger partial charge in [0.1, 0.15) is 0 Å². The molecule has 0 aliphatic heterocycles. The summed E-state index contributed by atoms with van der Waals surface area (Å²) in [5, 5.41) is 29.6. The van der Waals surface area contributed by atoms with Gasteiger partial charge >= 0.3 is 17.9 Å². The summed E-state index contributed by atoms with van der Waals surface area (Å²) in [7, 11) is 0. The van der Waals surface area contributed by atoms with Gasteiger partial charge in [-0.05, 0) is 88.7 Å². The van der Waals surface area contributed by atoms with E-state index >= 15 is 0 Å². The summed E-state index contributed by atoms with van der Waals surface area (Å²) in [5.41, 5.74) is 7.32. The molecule has 0 radical (unpaired) electrons. The zero-order valence-corrected chi connectivity index (χ0v) is 18.8. The minimum Gasteiger partial charge on any atom is -0.478 e. The van der Waals surface area contributed by atoms with Gasteiger partial charge in [-0.25, -0.2) is 14.4 Å². The van der Waals surface area contributed by atoms with Crippen LogP contribution in [0, 0.1) is 0 Å². The van der Waals surface area contributed by atoms with Gasteiger partial charge < -0.3 is 20.3 Å². The van der Waals surface area contributed by atoms with Crippen LogP contribution < -0.4 is 0 Å². The molecule has 6 rings (SSSR count). The molecule has 0 fully saturated rings. The Balaban J connectivity index is 1.51. The van der Waals surface area contributed by atoms with Crippen LogP contribution in [0.15, 0.2) is 54.6 Å². The summed E-state index contributed by atoms with van der Waals surface area (Å²) in [4.78, 5) is 38.9. The third-order valence-electron chi connectivity index (χ3n) is 6.91. The van der Waals surface area contributed by atoms with Crippen molar-refractivity contribution in [1.82, 2.24) is 4.98 Å². The second-order valence-corrected chi connectivity index (χ2v) is 9.01. The maximum Gasteiger partial charge on any atom is 0.336 e. The SMILES string of the molecule is O=C(O)c1cc2c(c(-c3cc4c(C(=O)O)cc(C5=Cc6c(cccc6C(=O)O)C5)cc4[nH]3)c1)CC=C2. The number of rotatable bonds is 5. The van der Waals surface area contributed by atoms with Crippen LogP contribution in [0.25, 0.3) is 39.9 Å². The number of fused-ring (bicyclic) bond motifs is 3. The zero-order valence-electron chi connectivity index (χ0n) is 18.8. The Morgan fingerprint density at radius 3 is 2.42 bits per heavy atom. The predicted molar refractivity (Wildman–Crippen MR) is 135 cm³/mol. The first-order valence-electron chi connectivity index (χ1n) is 11.3. The van der Waals surface area contributed by atoms with E-state index in [0.717, 1.165) is 27.8 Å². The Bertz CT molecular complexity index is 1720. The molecule has 0 saturated heterocycles. The molecule has 36 heavy (non-hydrogen) atoms. The number of hydrogen-bond donors (Lipinski definition) is 4. The van der Waals surface area contributed by atoms with Crippen molar-refractivity contribution in [1.29, 1.82) is 0 Å². The van der Waals surface area contributed by atoms with Gasteiger partial charge in [-0.3, -0.25) is 0 Å². The predicted octanol–water partition coefficient (Wildman–Crippen LogP) is 5.60. The number of carbonyl (C=O) groups is 3. The number of benzene rings is 3. The highest BCUT2D eigenvalue weighted by molar-refractivity contribution is 6.07. The number of H-pyrrole nitrogens is 1. The van der Waals surface area contributed by atoms with Gasteiger partial charge in [0.15, 0.2) is 0 Å². The van der Waals surface area contributed by atoms with Crippen LogP contribution in [-0.4, -0.2) is 38.2 Å². The Hall–Kier alpha value is -4.91. The summed E-state index contributed by atoms with van der Waals surface area (Å²) in [6.45, 7) is 0. The van der Waals surface area contributed by atoms with Crippen molar-refractivity contribution in [3.05, 3.63) is 99.1 Å². The van der Waals surface area contributed by atoms with E-state index in [2.05, 4.69) is 4.98 Å². The normalized spacial score (nSPS) is 13.5. The second-order valence-electron chi connectivity index (χ2n) is 9.01. The van der Waals surface area contributed by atoms with Gasteiger partial charge in [0.05, 0.1) is 16.7 Å². The molecule has 4 N–H and O–H groups in total. The fourth-order valence-electron chi connectivity index (χ4n) is 5.22. The molecule has 0 saturated carbocycles. The van der Waals surface area contributed by atoms with Crippen LogP contribution in [0.2, 0.25) is 0 Å². The van der Waals surface area contributed by atoms with Crippen molar-refractivity contribution in [2.24, 2.45) is 0 Å². The molecular weight excluding hydrogens is 458 g/mol. The first-order chi connectivity index (χ1) is 17.3. The number of hydrogen-bond acceptors (Lipinski definition) is 3. The Kier molecular flexibility index (Phi) is 4.69. The maximum absolute atomic E-state index is 12.2. The van der Waals surface area contributed by atoms with Crippen LogP contribution in [0.4, 0.5) is 0 Å². The lowest BCUT2D eigenvalue weighted by Crippen LogP contribution is -2.00. The first kappa shape index (κ1) is 21.6. The number of nitrogens with one attached hydrogen (secondary N) is 1. The van der Waals surface area contributed by atoms with E-state index in [4.69, 9.17) is 0 Å². The van der Waals surface area contributed by atoms with Crippen molar-refractivity contribution in [3.8, 4) is 11.3 Å². The minimum atomic E-state index is -1.08. The fraction of sp³-hybridized carbons (Fsp3) is 0.0690. The number of allylic oxidation sites excluding steroid dienone is 2. The smallest absolute Gasteiger partial charge is 0.336 e. The number of carboxylic acid groups (broad SMARTS) is 3. The average molecular weight is 477 g/mol. The summed E-state index contributed by atoms with van der Waals surface area (Å²) in [6.07, 6.45) is 6.83. The molecule has 0 spiro atoms. The van der Waals surface area contributed by atoms with Gasteiger partial charge in [-0.1, -0.05) is 24.3 Å². The Morgan fingerprint density at radius 1 is 0.861 bits per heavy atom. The molecule has 176 valence electrons. The number of carboxylic acids is 3. The lowest BCUT2D eigenvalue weighted by molar-refractivity contribution is 0.0686. The molecule has 0 bridgehead atoms. The van der Waals surface area contributed by atoms with Crippen LogP contribution in [0.3, 0.4) is 0 Å². The van der Waals surface area contributed by atoms with Gasteiger partial charge in [-0.2, -0.15) is 0 Å². The molecule has 0 unspecified atom stereocenters. The van der Waals surface area contributed by atoms with Gasteiger partial charge in [0, 0.05) is 22.2 Å². The van der Waals surface area contributed by atoms with E-state index < -0.39 is 17.9 Å². The molecule has 1 heterocycles. The third-order valence-corrected chi connectivity index (χ3v) is 6.91. The van der Waals surface area contributed by atoms with Gasteiger partial charge in [0.2, 0.25) is 0 Å². The molecule has 7 heteroatoms. The lowest BCUT2D eigenvalue weighted by Gasteiger charge is -2.09. The molecular formula is C29H19NO6. The number of aromatic carboxylic acids is 3. The highest BCUT2D eigenvalue weighted by atomic mass is 16.4. The van der Waals surface area contributed by atoms with Crippen LogP contribution >= 0.6 is 0 Å². The Labute approximate surface area is 204 Å². The second kappa shape index (κ2) is 7.81. The van der Waals surface area contributed by atoms with Gasteiger partial charge in [-0.15, -0.1) is 0 Å². The average Bonchev–Trinajstić information content (AvgIpc) is 3.59. The molecule has 1 aromatic heterocycles. The summed E-state index contributed by atoms with van der Waals surface area (Å²) >= 11 is 0. The lowest BCUT2D eigenvalue weighted by atomic mass is 9.96. The number of aromatic nitrogens is 1. The quantitative estimate of drug-likeness (QED) is 0.296. The minimum absolute atomic E-state index is 0.115. The first-order valence-corrected chi connectivity index (χ1v) is 11.3. The monoisotopic (exact) mass is 477 g/mol. The van der Waals surface area contributed by atoms with Crippen molar-refractivity contribution in [2.75, 3.05) is 0 Å². The molecule has 2 aliphatic carbocycles. The molecule has 2 aliphatic rings. The Morgan fingerprint density at radius 2 is 1.67 bits per heavy atom. The molecule has 7 nitrogen and oxygen atoms in total. The van der Waals surface area contributed by atoms with Crippen molar-refractivity contribution >= 4 is 46.5 Å². The molecule has 0 atom stereocenters. The molecule has 4 aromatic rings. The largest absolute Gasteiger partial charge is 0.478 e. The van der Waals surface area contributed by atoms with Crippen molar-refractivity contribution in [2.45, 2.75) is 12.8 Å². The van der Waals surface area contributed by atoms with E-state index in [9.17, 15) is 29.7 Å². The topological polar surface area (TPSA) is 128 Å². The third kappa shape index (κ3) is 3.32. The fourth-order valence-corrected chi connectivity index (χ4v) is 5.22. The van der Waals surface area contributed by atoms with Crippen molar-refractivity contribution in [3.63, 3.8) is 0 Å². The van der Waals surface area contributed by atoms with Crippen LogP contribution in [0.5, 0.6) is 0 Å². The number of aromatic amines is 1. The van der Waals surface area contributed by atoms with E-state index in [1.807, 2.05) is 30.4 Å². The van der Waals surface area contributed by atoms with Gasteiger partial charge in [0.25, 0.3) is 0 Å². The highest BCUT2D eigenvalue weighted by Gasteiger charge is 2.23.